The van der Waals surface area contributed by atoms with Gasteiger partial charge in [-0.2, -0.15) is 0 Å². The van der Waals surface area contributed by atoms with Gasteiger partial charge in [0.25, 0.3) is 0 Å². The first-order valence-electron chi connectivity index (χ1n) is 9.57. The van der Waals surface area contributed by atoms with Crippen LogP contribution in [-0.2, 0) is 0 Å². The fourth-order valence-corrected chi connectivity index (χ4v) is 3.45. The van der Waals surface area contributed by atoms with Gasteiger partial charge in [0.05, 0.1) is 12.1 Å². The van der Waals surface area contributed by atoms with Crippen LogP contribution in [-0.4, -0.2) is 10.2 Å². The largest absolute Gasteiger partial charge is 0.419 e. The normalized spacial score (nSPS) is 13.2. The van der Waals surface area contributed by atoms with E-state index in [-0.39, 0.29) is 12.1 Å². The van der Waals surface area contributed by atoms with Gasteiger partial charge in [-0.05, 0) is 43.2 Å². The van der Waals surface area contributed by atoms with Gasteiger partial charge in [-0.1, -0.05) is 77.8 Å². The minimum absolute atomic E-state index is 0.00770. The summed E-state index contributed by atoms with van der Waals surface area (Å²) in [5.74, 6) is 0.996. The van der Waals surface area contributed by atoms with Crippen molar-refractivity contribution in [3.63, 3.8) is 0 Å². The molecule has 1 N–H and O–H groups in total. The number of nitrogens with one attached hydrogen (secondary N) is 1. The Morgan fingerprint density at radius 2 is 1.59 bits per heavy atom. The van der Waals surface area contributed by atoms with Crippen molar-refractivity contribution >= 4 is 11.6 Å². The van der Waals surface area contributed by atoms with Crippen LogP contribution in [0.2, 0.25) is 5.02 Å². The van der Waals surface area contributed by atoms with E-state index in [9.17, 15) is 0 Å². The summed E-state index contributed by atoms with van der Waals surface area (Å²) in [5, 5.41) is 12.7. The Bertz CT molecular complexity index is 1080. The second-order valence-electron chi connectivity index (χ2n) is 7.10. The highest BCUT2D eigenvalue weighted by molar-refractivity contribution is 6.30. The molecular formula is C24H22ClN3O. The minimum atomic E-state index is -0.137. The maximum Gasteiger partial charge on any atom is 0.247 e. The number of aromatic nitrogens is 2. The summed E-state index contributed by atoms with van der Waals surface area (Å²) in [6.45, 7) is 4.12. The summed E-state index contributed by atoms with van der Waals surface area (Å²) in [6, 6.07) is 26.2. The Morgan fingerprint density at radius 1 is 0.862 bits per heavy atom. The van der Waals surface area contributed by atoms with E-state index >= 15 is 0 Å². The van der Waals surface area contributed by atoms with E-state index in [1.807, 2.05) is 49.4 Å². The predicted molar refractivity (Wildman–Crippen MR) is 116 cm³/mol. The van der Waals surface area contributed by atoms with Crippen molar-refractivity contribution in [2.75, 3.05) is 0 Å². The zero-order chi connectivity index (χ0) is 20.2. The zero-order valence-corrected chi connectivity index (χ0v) is 17.1. The van der Waals surface area contributed by atoms with Gasteiger partial charge in [0.15, 0.2) is 0 Å². The lowest BCUT2D eigenvalue weighted by atomic mass is 9.97. The Balaban J connectivity index is 1.60. The topological polar surface area (TPSA) is 51.0 Å². The summed E-state index contributed by atoms with van der Waals surface area (Å²) < 4.78 is 5.93. The predicted octanol–water partition coefficient (Wildman–Crippen LogP) is 6.14. The monoisotopic (exact) mass is 403 g/mol. The van der Waals surface area contributed by atoms with Crippen LogP contribution in [0.5, 0.6) is 0 Å². The molecule has 29 heavy (non-hydrogen) atoms. The molecule has 4 rings (SSSR count). The van der Waals surface area contributed by atoms with Crippen LogP contribution in [0.1, 0.15) is 41.6 Å². The molecule has 0 radical (unpaired) electrons. The standard InChI is InChI=1S/C24H22ClN3O/c1-16-11-13-19(14-12-16)22(18-7-4-3-5-8-18)26-17(2)23-27-28-24(29-23)20-9-6-10-21(25)15-20/h3-15,17,22,26H,1-2H3/t17-,22+/m1/s1. The average Bonchev–Trinajstić information content (AvgIpc) is 3.24. The van der Waals surface area contributed by atoms with Gasteiger partial charge in [0.2, 0.25) is 11.8 Å². The van der Waals surface area contributed by atoms with Gasteiger partial charge in [-0.3, -0.25) is 5.32 Å². The van der Waals surface area contributed by atoms with Crippen LogP contribution in [0, 0.1) is 6.92 Å². The molecule has 0 aliphatic heterocycles. The zero-order valence-electron chi connectivity index (χ0n) is 16.3. The molecule has 0 fully saturated rings. The van der Waals surface area contributed by atoms with Gasteiger partial charge < -0.3 is 4.42 Å². The molecule has 1 heterocycles. The highest BCUT2D eigenvalue weighted by Gasteiger charge is 2.21. The van der Waals surface area contributed by atoms with Gasteiger partial charge >= 0.3 is 0 Å². The first kappa shape index (κ1) is 19.4. The summed E-state index contributed by atoms with van der Waals surface area (Å²) in [7, 11) is 0. The van der Waals surface area contributed by atoms with E-state index in [0.29, 0.717) is 16.8 Å². The third kappa shape index (κ3) is 4.56. The van der Waals surface area contributed by atoms with Crippen molar-refractivity contribution in [3.05, 3.63) is 106 Å². The van der Waals surface area contributed by atoms with Gasteiger partial charge in [-0.15, -0.1) is 10.2 Å². The van der Waals surface area contributed by atoms with E-state index in [2.05, 4.69) is 58.8 Å². The number of nitrogens with zero attached hydrogens (tertiary/aromatic N) is 2. The molecule has 0 aliphatic rings. The first-order chi connectivity index (χ1) is 14.1. The smallest absolute Gasteiger partial charge is 0.247 e. The lowest BCUT2D eigenvalue weighted by molar-refractivity contribution is 0.403. The Kier molecular flexibility index (Phi) is 5.74. The van der Waals surface area contributed by atoms with Crippen LogP contribution >= 0.6 is 11.6 Å². The van der Waals surface area contributed by atoms with Crippen LogP contribution < -0.4 is 5.32 Å². The molecule has 5 heteroatoms. The fraction of sp³-hybridized carbons (Fsp3) is 0.167. The quantitative estimate of drug-likeness (QED) is 0.420. The fourth-order valence-electron chi connectivity index (χ4n) is 3.26. The van der Waals surface area contributed by atoms with E-state index in [1.54, 1.807) is 0 Å². The Morgan fingerprint density at radius 3 is 2.31 bits per heavy atom. The second-order valence-corrected chi connectivity index (χ2v) is 7.53. The van der Waals surface area contributed by atoms with E-state index in [0.717, 1.165) is 5.56 Å². The molecular weight excluding hydrogens is 382 g/mol. The molecule has 4 aromatic rings. The van der Waals surface area contributed by atoms with E-state index < -0.39 is 0 Å². The highest BCUT2D eigenvalue weighted by Crippen LogP contribution is 2.28. The van der Waals surface area contributed by atoms with Crippen molar-refractivity contribution in [2.45, 2.75) is 25.9 Å². The van der Waals surface area contributed by atoms with Crippen LogP contribution in [0.4, 0.5) is 0 Å². The van der Waals surface area contributed by atoms with E-state index in [4.69, 9.17) is 16.0 Å². The first-order valence-corrected chi connectivity index (χ1v) is 9.95. The lowest BCUT2D eigenvalue weighted by Crippen LogP contribution is -2.26. The Hall–Kier alpha value is -2.95. The molecule has 1 aromatic heterocycles. The lowest BCUT2D eigenvalue weighted by Gasteiger charge is -2.23. The minimum Gasteiger partial charge on any atom is -0.419 e. The molecule has 0 spiro atoms. The molecule has 0 saturated carbocycles. The SMILES string of the molecule is Cc1ccc([C@@H](N[C@H](C)c2nnc(-c3cccc(Cl)c3)o2)c2ccccc2)cc1. The molecule has 0 saturated heterocycles. The van der Waals surface area contributed by atoms with Crippen LogP contribution in [0.3, 0.4) is 0 Å². The molecule has 0 aliphatic carbocycles. The van der Waals surface area contributed by atoms with Gasteiger partial charge in [-0.25, -0.2) is 0 Å². The number of aryl methyl sites for hydroxylation is 1. The summed E-state index contributed by atoms with van der Waals surface area (Å²) >= 11 is 6.08. The third-order valence-corrected chi connectivity index (χ3v) is 5.08. The second kappa shape index (κ2) is 8.60. The highest BCUT2D eigenvalue weighted by atomic mass is 35.5. The maximum absolute atomic E-state index is 6.08. The summed E-state index contributed by atoms with van der Waals surface area (Å²) in [6.07, 6.45) is 0. The number of halogens is 1. The third-order valence-electron chi connectivity index (χ3n) is 4.84. The molecule has 0 amide bonds. The molecule has 0 unspecified atom stereocenters. The number of benzene rings is 3. The van der Waals surface area contributed by atoms with Crippen molar-refractivity contribution in [1.82, 2.24) is 15.5 Å². The van der Waals surface area contributed by atoms with Crippen molar-refractivity contribution in [3.8, 4) is 11.5 Å². The summed E-state index contributed by atoms with van der Waals surface area (Å²) in [4.78, 5) is 0. The molecule has 0 bridgehead atoms. The molecule has 2 atom stereocenters. The average molecular weight is 404 g/mol. The Labute approximate surface area is 175 Å². The van der Waals surface area contributed by atoms with Crippen molar-refractivity contribution in [2.24, 2.45) is 0 Å². The van der Waals surface area contributed by atoms with Crippen molar-refractivity contribution in [1.29, 1.82) is 0 Å². The molecule has 4 nitrogen and oxygen atoms in total. The summed E-state index contributed by atoms with van der Waals surface area (Å²) in [5.41, 5.74) is 4.40. The molecule has 146 valence electrons. The van der Waals surface area contributed by atoms with E-state index in [1.165, 1.54) is 16.7 Å². The number of hydrogen-bond donors (Lipinski definition) is 1. The van der Waals surface area contributed by atoms with Crippen LogP contribution in [0.15, 0.2) is 83.3 Å². The van der Waals surface area contributed by atoms with Crippen LogP contribution in [0.25, 0.3) is 11.5 Å². The maximum atomic E-state index is 6.08. The molecule has 3 aromatic carbocycles. The van der Waals surface area contributed by atoms with Gasteiger partial charge in [0.1, 0.15) is 0 Å². The van der Waals surface area contributed by atoms with Crippen molar-refractivity contribution < 1.29 is 4.42 Å². The van der Waals surface area contributed by atoms with Gasteiger partial charge in [0, 0.05) is 10.6 Å². The number of rotatable bonds is 6. The number of hydrogen-bond acceptors (Lipinski definition) is 4.